The van der Waals surface area contributed by atoms with Gasteiger partial charge in [0.25, 0.3) is 0 Å². The summed E-state index contributed by atoms with van der Waals surface area (Å²) in [5, 5.41) is 3.19. The second kappa shape index (κ2) is 5.57. The fourth-order valence-electron chi connectivity index (χ4n) is 1.27. The van der Waals surface area contributed by atoms with Gasteiger partial charge in [-0.25, -0.2) is 4.98 Å². The number of anilines is 1. The zero-order chi connectivity index (χ0) is 10.4. The highest BCUT2D eigenvalue weighted by Gasteiger charge is 2.03. The van der Waals surface area contributed by atoms with Crippen molar-refractivity contribution in [2.24, 2.45) is 5.73 Å². The molecule has 4 heteroatoms. The van der Waals surface area contributed by atoms with Crippen LogP contribution in [0.15, 0.2) is 12.3 Å². The Morgan fingerprint density at radius 1 is 1.57 bits per heavy atom. The number of nitrogens with zero attached hydrogens (tertiary/aromatic N) is 1. The molecule has 0 bridgehead atoms. The number of rotatable bonds is 5. The van der Waals surface area contributed by atoms with Crippen LogP contribution in [0.25, 0.3) is 0 Å². The van der Waals surface area contributed by atoms with E-state index in [-0.39, 0.29) is 0 Å². The molecule has 0 fully saturated rings. The molecule has 1 aromatic heterocycles. The molecule has 0 aliphatic heterocycles. The lowest BCUT2D eigenvalue weighted by Crippen LogP contribution is -2.13. The smallest absolute Gasteiger partial charge is 0.130 e. The molecule has 0 aliphatic rings. The summed E-state index contributed by atoms with van der Waals surface area (Å²) >= 11 is 0. The number of methoxy groups -OCH3 is 1. The molecular formula is C10H17N3O. The SMILES string of the molecule is COCCNc1nccc(C)c1CN. The van der Waals surface area contributed by atoms with Gasteiger partial charge in [0.05, 0.1) is 6.61 Å². The first-order valence-corrected chi connectivity index (χ1v) is 4.67. The number of nitrogens with one attached hydrogen (secondary N) is 1. The van der Waals surface area contributed by atoms with Crippen LogP contribution >= 0.6 is 0 Å². The van der Waals surface area contributed by atoms with E-state index in [4.69, 9.17) is 10.5 Å². The fraction of sp³-hybridized carbons (Fsp3) is 0.500. The summed E-state index contributed by atoms with van der Waals surface area (Å²) in [5.41, 5.74) is 7.89. The van der Waals surface area contributed by atoms with Gasteiger partial charge in [0.2, 0.25) is 0 Å². The van der Waals surface area contributed by atoms with E-state index in [0.29, 0.717) is 13.2 Å². The molecule has 3 N–H and O–H groups in total. The average Bonchev–Trinajstić information content (AvgIpc) is 2.18. The zero-order valence-corrected chi connectivity index (χ0v) is 8.71. The molecule has 0 saturated heterocycles. The molecule has 0 aliphatic carbocycles. The second-order valence-electron chi connectivity index (χ2n) is 3.08. The first-order chi connectivity index (χ1) is 6.79. The minimum absolute atomic E-state index is 0.509. The van der Waals surface area contributed by atoms with E-state index >= 15 is 0 Å². The van der Waals surface area contributed by atoms with Crippen molar-refractivity contribution < 1.29 is 4.74 Å². The first-order valence-electron chi connectivity index (χ1n) is 4.67. The number of aromatic nitrogens is 1. The Morgan fingerprint density at radius 3 is 3.00 bits per heavy atom. The van der Waals surface area contributed by atoms with Gasteiger partial charge in [0.1, 0.15) is 5.82 Å². The standard InChI is InChI=1S/C10H17N3O/c1-8-3-4-12-10(9(8)7-11)13-5-6-14-2/h3-4H,5-7,11H2,1-2H3,(H,12,13). The maximum Gasteiger partial charge on any atom is 0.130 e. The number of aryl methyl sites for hydroxylation is 1. The summed E-state index contributed by atoms with van der Waals surface area (Å²) in [5.74, 6) is 0.865. The summed E-state index contributed by atoms with van der Waals surface area (Å²) in [4.78, 5) is 4.24. The predicted octanol–water partition coefficient (Wildman–Crippen LogP) is 0.907. The van der Waals surface area contributed by atoms with Crippen LogP contribution in [0.3, 0.4) is 0 Å². The van der Waals surface area contributed by atoms with Gasteiger partial charge in [0.15, 0.2) is 0 Å². The summed E-state index contributed by atoms with van der Waals surface area (Å²) in [6.07, 6.45) is 1.78. The maximum atomic E-state index is 5.64. The van der Waals surface area contributed by atoms with Crippen molar-refractivity contribution >= 4 is 5.82 Å². The van der Waals surface area contributed by atoms with E-state index in [1.807, 2.05) is 13.0 Å². The number of hydrogen-bond donors (Lipinski definition) is 2. The van der Waals surface area contributed by atoms with Gasteiger partial charge >= 0.3 is 0 Å². The van der Waals surface area contributed by atoms with Crippen LogP contribution in [0.1, 0.15) is 11.1 Å². The fourth-order valence-corrected chi connectivity index (χ4v) is 1.27. The number of pyridine rings is 1. The molecule has 1 aromatic rings. The van der Waals surface area contributed by atoms with E-state index in [1.165, 1.54) is 5.56 Å². The molecule has 14 heavy (non-hydrogen) atoms. The van der Waals surface area contributed by atoms with Crippen LogP contribution in [0.2, 0.25) is 0 Å². The van der Waals surface area contributed by atoms with Gasteiger partial charge in [0, 0.05) is 32.0 Å². The summed E-state index contributed by atoms with van der Waals surface area (Å²) < 4.78 is 4.95. The first kappa shape index (κ1) is 10.9. The van der Waals surface area contributed by atoms with Gasteiger partial charge in [-0.2, -0.15) is 0 Å². The van der Waals surface area contributed by atoms with Gasteiger partial charge in [-0.1, -0.05) is 0 Å². The van der Waals surface area contributed by atoms with Gasteiger partial charge in [-0.05, 0) is 18.6 Å². The molecular weight excluding hydrogens is 178 g/mol. The van der Waals surface area contributed by atoms with E-state index in [1.54, 1.807) is 13.3 Å². The Balaban J connectivity index is 2.70. The molecule has 0 spiro atoms. The predicted molar refractivity (Wildman–Crippen MR) is 57.2 cm³/mol. The highest BCUT2D eigenvalue weighted by molar-refractivity contribution is 5.47. The molecule has 0 atom stereocenters. The van der Waals surface area contributed by atoms with Crippen LogP contribution in [0, 0.1) is 6.92 Å². The normalized spacial score (nSPS) is 10.2. The van der Waals surface area contributed by atoms with E-state index in [2.05, 4.69) is 10.3 Å². The highest BCUT2D eigenvalue weighted by Crippen LogP contribution is 2.14. The van der Waals surface area contributed by atoms with E-state index in [0.717, 1.165) is 17.9 Å². The van der Waals surface area contributed by atoms with Gasteiger partial charge < -0.3 is 15.8 Å². The van der Waals surface area contributed by atoms with Crippen LogP contribution in [0.4, 0.5) is 5.82 Å². The third-order valence-electron chi connectivity index (χ3n) is 2.09. The summed E-state index contributed by atoms with van der Waals surface area (Å²) in [6, 6.07) is 1.96. The summed E-state index contributed by atoms with van der Waals surface area (Å²) in [6.45, 7) is 3.96. The number of hydrogen-bond acceptors (Lipinski definition) is 4. The Labute approximate surface area is 84.5 Å². The zero-order valence-electron chi connectivity index (χ0n) is 8.71. The monoisotopic (exact) mass is 195 g/mol. The van der Waals surface area contributed by atoms with Crippen LogP contribution in [0.5, 0.6) is 0 Å². The molecule has 1 rings (SSSR count). The number of ether oxygens (including phenoxy) is 1. The molecule has 1 heterocycles. The lowest BCUT2D eigenvalue weighted by molar-refractivity contribution is 0.210. The minimum atomic E-state index is 0.509. The van der Waals surface area contributed by atoms with Gasteiger partial charge in [-0.15, -0.1) is 0 Å². The molecule has 4 nitrogen and oxygen atoms in total. The Morgan fingerprint density at radius 2 is 2.36 bits per heavy atom. The van der Waals surface area contributed by atoms with Crippen molar-refractivity contribution in [3.63, 3.8) is 0 Å². The minimum Gasteiger partial charge on any atom is -0.383 e. The van der Waals surface area contributed by atoms with E-state index in [9.17, 15) is 0 Å². The lowest BCUT2D eigenvalue weighted by Gasteiger charge is -2.11. The van der Waals surface area contributed by atoms with Crippen LogP contribution in [-0.4, -0.2) is 25.2 Å². The van der Waals surface area contributed by atoms with Crippen molar-refractivity contribution in [2.75, 3.05) is 25.6 Å². The second-order valence-corrected chi connectivity index (χ2v) is 3.08. The van der Waals surface area contributed by atoms with Crippen molar-refractivity contribution in [3.8, 4) is 0 Å². The average molecular weight is 195 g/mol. The number of nitrogens with two attached hydrogens (primary N) is 1. The summed E-state index contributed by atoms with van der Waals surface area (Å²) in [7, 11) is 1.68. The van der Waals surface area contributed by atoms with Crippen molar-refractivity contribution in [3.05, 3.63) is 23.4 Å². The Hall–Kier alpha value is -1.13. The van der Waals surface area contributed by atoms with Gasteiger partial charge in [-0.3, -0.25) is 0 Å². The van der Waals surface area contributed by atoms with Crippen molar-refractivity contribution in [2.45, 2.75) is 13.5 Å². The van der Waals surface area contributed by atoms with Crippen molar-refractivity contribution in [1.82, 2.24) is 4.98 Å². The molecule has 0 unspecified atom stereocenters. The molecule has 0 saturated carbocycles. The van der Waals surface area contributed by atoms with Crippen LogP contribution < -0.4 is 11.1 Å². The van der Waals surface area contributed by atoms with Crippen molar-refractivity contribution in [1.29, 1.82) is 0 Å². The van der Waals surface area contributed by atoms with Crippen LogP contribution in [-0.2, 0) is 11.3 Å². The molecule has 0 radical (unpaired) electrons. The largest absolute Gasteiger partial charge is 0.383 e. The Bertz CT molecular complexity index is 289. The Kier molecular flexibility index (Phi) is 4.35. The molecule has 0 amide bonds. The maximum absolute atomic E-state index is 5.64. The third-order valence-corrected chi connectivity index (χ3v) is 2.09. The molecule has 0 aromatic carbocycles. The molecule has 78 valence electrons. The third kappa shape index (κ3) is 2.68. The highest BCUT2D eigenvalue weighted by atomic mass is 16.5. The quantitative estimate of drug-likeness (QED) is 0.685. The topological polar surface area (TPSA) is 60.2 Å². The van der Waals surface area contributed by atoms with E-state index < -0.39 is 0 Å². The lowest BCUT2D eigenvalue weighted by atomic mass is 10.1.